The third kappa shape index (κ3) is 4.54. The molecule has 0 bridgehead atoms. The number of nitrogens with one attached hydrogen (secondary N) is 1. The van der Waals surface area contributed by atoms with Crippen molar-refractivity contribution in [3.05, 3.63) is 59.4 Å². The lowest BCUT2D eigenvalue weighted by atomic mass is 10.1. The molecule has 3 aromatic rings. The molecule has 1 aliphatic heterocycles. The number of rotatable bonds is 7. The molecule has 0 aliphatic carbocycles. The largest absolute Gasteiger partial charge is 0.381 e. The molecule has 1 fully saturated rings. The van der Waals surface area contributed by atoms with Gasteiger partial charge in [0.05, 0.1) is 6.61 Å². The van der Waals surface area contributed by atoms with E-state index in [1.807, 2.05) is 20.8 Å². The van der Waals surface area contributed by atoms with Crippen molar-refractivity contribution in [1.29, 1.82) is 0 Å². The van der Waals surface area contributed by atoms with Gasteiger partial charge in [0, 0.05) is 36.1 Å². The Hall–Kier alpha value is -2.59. The fraction of sp³-hybridized carbons (Fsp3) is 0.429. The van der Waals surface area contributed by atoms with E-state index in [4.69, 9.17) is 4.74 Å². The van der Waals surface area contributed by atoms with Gasteiger partial charge >= 0.3 is 0 Å². The van der Waals surface area contributed by atoms with Crippen molar-refractivity contribution >= 4 is 17.9 Å². The van der Waals surface area contributed by atoms with Crippen molar-refractivity contribution < 1.29 is 13.5 Å². The summed E-state index contributed by atoms with van der Waals surface area (Å²) in [7, 11) is 0. The summed E-state index contributed by atoms with van der Waals surface area (Å²) in [5, 5.41) is 8.49. The van der Waals surface area contributed by atoms with Crippen molar-refractivity contribution in [2.45, 2.75) is 44.3 Å². The Bertz CT molecular complexity index is 1020. The minimum Gasteiger partial charge on any atom is -0.381 e. The van der Waals surface area contributed by atoms with E-state index >= 15 is 0 Å². The zero-order valence-electron chi connectivity index (χ0n) is 17.5. The zero-order chi connectivity index (χ0) is 22.0. The molecule has 2 aromatic heterocycles. The van der Waals surface area contributed by atoms with Gasteiger partial charge in [0.15, 0.2) is 0 Å². The predicted octanol–water partition coefficient (Wildman–Crippen LogP) is 4.40. The molecule has 0 saturated carbocycles. The van der Waals surface area contributed by atoms with E-state index in [9.17, 15) is 8.78 Å². The van der Waals surface area contributed by atoms with Crippen molar-refractivity contribution in [1.82, 2.24) is 24.7 Å². The minimum absolute atomic E-state index is 0.0439. The average Bonchev–Trinajstić information content (AvgIpc) is 3.42. The topological polar surface area (TPSA) is 77.8 Å². The number of ether oxygens (including phenoxy) is 1. The van der Waals surface area contributed by atoms with E-state index in [1.54, 1.807) is 12.4 Å². The molecule has 31 heavy (non-hydrogen) atoms. The van der Waals surface area contributed by atoms with Crippen LogP contribution in [0.2, 0.25) is 0 Å². The Morgan fingerprint density at radius 3 is 2.52 bits per heavy atom. The molecule has 3 unspecified atom stereocenters. The Morgan fingerprint density at radius 2 is 1.87 bits per heavy atom. The maximum atomic E-state index is 14.6. The first-order valence-electron chi connectivity index (χ1n) is 10.1. The summed E-state index contributed by atoms with van der Waals surface area (Å²) in [5.74, 6) is 0.0847. The summed E-state index contributed by atoms with van der Waals surface area (Å²) in [6, 6.07) is 3.79. The monoisotopic (exact) mass is 446 g/mol. The van der Waals surface area contributed by atoms with Gasteiger partial charge in [0.25, 0.3) is 0 Å². The molecular weight excluding hydrogens is 422 g/mol. The van der Waals surface area contributed by atoms with Crippen LogP contribution in [0.15, 0.2) is 30.6 Å². The zero-order valence-corrected chi connectivity index (χ0v) is 18.4. The number of para-hydroxylation sites is 1. The van der Waals surface area contributed by atoms with Crippen LogP contribution in [0.1, 0.15) is 49.3 Å². The Kier molecular flexibility index (Phi) is 6.47. The highest BCUT2D eigenvalue weighted by Gasteiger charge is 2.29. The molecule has 3 atom stereocenters. The quantitative estimate of drug-likeness (QED) is 0.539. The Morgan fingerprint density at radius 1 is 1.16 bits per heavy atom. The van der Waals surface area contributed by atoms with Crippen molar-refractivity contribution in [2.24, 2.45) is 0 Å². The molecular formula is C21H24F2N6OS. The van der Waals surface area contributed by atoms with Crippen LogP contribution >= 0.6 is 11.9 Å². The van der Waals surface area contributed by atoms with E-state index in [1.165, 1.54) is 34.7 Å². The van der Waals surface area contributed by atoms with Gasteiger partial charge in [-0.15, -0.1) is 10.2 Å². The number of halogens is 2. The van der Waals surface area contributed by atoms with Crippen LogP contribution in [-0.4, -0.2) is 43.2 Å². The lowest BCUT2D eigenvalue weighted by Crippen LogP contribution is -2.16. The fourth-order valence-corrected chi connectivity index (χ4v) is 4.13. The van der Waals surface area contributed by atoms with E-state index in [2.05, 4.69) is 24.9 Å². The first-order chi connectivity index (χ1) is 15.0. The molecule has 164 valence electrons. The summed E-state index contributed by atoms with van der Waals surface area (Å²) in [5.41, 5.74) is 0.804. The van der Waals surface area contributed by atoms with Crippen LogP contribution in [0.4, 0.5) is 14.7 Å². The number of aromatic nitrogens is 5. The van der Waals surface area contributed by atoms with Crippen molar-refractivity contribution in [3.8, 4) is 5.69 Å². The van der Waals surface area contributed by atoms with Crippen LogP contribution in [0, 0.1) is 18.6 Å². The van der Waals surface area contributed by atoms with Crippen LogP contribution in [0.25, 0.3) is 5.69 Å². The number of nitrogens with zero attached hydrogens (tertiary/aromatic N) is 5. The molecule has 4 rings (SSSR count). The van der Waals surface area contributed by atoms with Crippen molar-refractivity contribution in [3.63, 3.8) is 0 Å². The van der Waals surface area contributed by atoms with Gasteiger partial charge in [0.2, 0.25) is 5.95 Å². The number of benzene rings is 1. The molecule has 0 spiro atoms. The second-order valence-corrected chi connectivity index (χ2v) is 8.86. The highest BCUT2D eigenvalue weighted by atomic mass is 32.2. The summed E-state index contributed by atoms with van der Waals surface area (Å²) in [6.45, 7) is 7.03. The normalized spacial score (nSPS) is 18.2. The van der Waals surface area contributed by atoms with Crippen LogP contribution in [-0.2, 0) is 4.74 Å². The predicted molar refractivity (Wildman–Crippen MR) is 115 cm³/mol. The van der Waals surface area contributed by atoms with E-state index in [0.29, 0.717) is 19.0 Å². The molecule has 1 saturated heterocycles. The number of anilines is 1. The third-order valence-corrected chi connectivity index (χ3v) is 6.47. The minimum atomic E-state index is -0.678. The SMILES string of the molecule is Cc1cnc(C(C)C(C)SNc2nnc(C3CCOC3)n2-c2c(F)cccc2F)nc1. The maximum Gasteiger partial charge on any atom is 0.239 e. The molecule has 1 N–H and O–H groups in total. The van der Waals surface area contributed by atoms with E-state index < -0.39 is 11.6 Å². The lowest BCUT2D eigenvalue weighted by Gasteiger charge is -2.19. The van der Waals surface area contributed by atoms with Gasteiger partial charge in [-0.05, 0) is 43.0 Å². The standard InChI is InChI=1S/C21H24F2N6OS/c1-12-9-24-19(25-10-12)13(2)14(3)31-28-21-27-26-20(15-7-8-30-11-15)29(21)18-16(22)5-4-6-17(18)23/h4-6,9-10,13-15H,7-8,11H2,1-3H3,(H,27,28). The maximum absolute atomic E-state index is 14.6. The second kappa shape index (κ2) is 9.27. The van der Waals surface area contributed by atoms with Gasteiger partial charge < -0.3 is 4.74 Å². The molecule has 1 aromatic carbocycles. The highest BCUT2D eigenvalue weighted by molar-refractivity contribution is 8.01. The van der Waals surface area contributed by atoms with Gasteiger partial charge in [-0.25, -0.2) is 18.7 Å². The van der Waals surface area contributed by atoms with Gasteiger partial charge in [0.1, 0.15) is 29.0 Å². The van der Waals surface area contributed by atoms with Crippen LogP contribution in [0.5, 0.6) is 0 Å². The van der Waals surface area contributed by atoms with Crippen LogP contribution in [0.3, 0.4) is 0 Å². The summed E-state index contributed by atoms with van der Waals surface area (Å²) in [4.78, 5) is 8.80. The van der Waals surface area contributed by atoms with Crippen LogP contribution < -0.4 is 4.72 Å². The highest BCUT2D eigenvalue weighted by Crippen LogP contribution is 2.33. The summed E-state index contributed by atoms with van der Waals surface area (Å²) >= 11 is 1.38. The van der Waals surface area contributed by atoms with Gasteiger partial charge in [-0.1, -0.05) is 19.9 Å². The summed E-state index contributed by atoms with van der Waals surface area (Å²) in [6.07, 6.45) is 4.30. The smallest absolute Gasteiger partial charge is 0.239 e. The first-order valence-corrected chi connectivity index (χ1v) is 11.0. The molecule has 10 heteroatoms. The Labute approximate surface area is 183 Å². The number of hydrogen-bond acceptors (Lipinski definition) is 7. The molecule has 3 heterocycles. The third-order valence-electron chi connectivity index (χ3n) is 5.39. The molecule has 0 radical (unpaired) electrons. The molecule has 1 aliphatic rings. The molecule has 7 nitrogen and oxygen atoms in total. The molecule has 0 amide bonds. The fourth-order valence-electron chi connectivity index (χ4n) is 3.38. The Balaban J connectivity index is 1.60. The number of aryl methyl sites for hydroxylation is 1. The lowest BCUT2D eigenvalue weighted by molar-refractivity contribution is 0.193. The second-order valence-electron chi connectivity index (χ2n) is 7.68. The first kappa shape index (κ1) is 21.6. The van der Waals surface area contributed by atoms with Crippen molar-refractivity contribution in [2.75, 3.05) is 17.9 Å². The van der Waals surface area contributed by atoms with E-state index in [-0.39, 0.29) is 28.7 Å². The number of hydrogen-bond donors (Lipinski definition) is 1. The van der Waals surface area contributed by atoms with Gasteiger partial charge in [-0.3, -0.25) is 9.29 Å². The van der Waals surface area contributed by atoms with E-state index in [0.717, 1.165) is 17.8 Å². The average molecular weight is 447 g/mol. The summed E-state index contributed by atoms with van der Waals surface area (Å²) < 4.78 is 39.3. The van der Waals surface area contributed by atoms with Gasteiger partial charge in [-0.2, -0.15) is 0 Å².